The van der Waals surface area contributed by atoms with E-state index in [1.807, 2.05) is 11.3 Å². The minimum atomic E-state index is -0.0704. The molecule has 0 unspecified atom stereocenters. The van der Waals surface area contributed by atoms with Crippen molar-refractivity contribution in [3.05, 3.63) is 205 Å². The first-order chi connectivity index (χ1) is 29.5. The molecule has 0 amide bonds. The molecule has 12 aromatic rings. The number of thiophene rings is 1. The van der Waals surface area contributed by atoms with Gasteiger partial charge in [0.15, 0.2) is 0 Å². The fraction of sp³-hybridized carbons (Fsp3) is 0.0508. The van der Waals surface area contributed by atoms with Gasteiger partial charge in [-0.2, -0.15) is 0 Å². The normalized spacial score (nSPS) is 13.3. The maximum atomic E-state index is 2.49. The number of benzene rings is 11. The molecule has 0 N–H and O–H groups in total. The number of rotatable bonds is 3. The molecule has 0 bridgehead atoms. The van der Waals surface area contributed by atoms with Crippen LogP contribution in [-0.2, 0) is 5.41 Å². The summed E-state index contributed by atoms with van der Waals surface area (Å²) < 4.78 is 2.75. The van der Waals surface area contributed by atoms with E-state index in [1.165, 1.54) is 130 Å². The highest BCUT2D eigenvalue weighted by atomic mass is 32.1. The first-order valence-electron chi connectivity index (χ1n) is 21.0. The molecule has 1 aliphatic carbocycles. The van der Waals surface area contributed by atoms with Gasteiger partial charge in [-0.15, -0.1) is 11.3 Å². The van der Waals surface area contributed by atoms with Crippen molar-refractivity contribution in [2.45, 2.75) is 19.3 Å². The van der Waals surface area contributed by atoms with Gasteiger partial charge in [-0.3, -0.25) is 0 Å². The Bertz CT molecular complexity index is 3750. The van der Waals surface area contributed by atoms with Gasteiger partial charge >= 0.3 is 0 Å². The first kappa shape index (κ1) is 33.9. The van der Waals surface area contributed by atoms with Crippen LogP contribution in [0.25, 0.3) is 119 Å². The summed E-state index contributed by atoms with van der Waals surface area (Å²) in [4.78, 5) is 0. The van der Waals surface area contributed by atoms with E-state index in [0.29, 0.717) is 0 Å². The summed E-state index contributed by atoms with van der Waals surface area (Å²) in [6, 6.07) is 72.9. The topological polar surface area (TPSA) is 0 Å². The van der Waals surface area contributed by atoms with Crippen LogP contribution < -0.4 is 0 Å². The zero-order valence-corrected chi connectivity index (χ0v) is 34.2. The Kier molecular flexibility index (Phi) is 7.04. The molecule has 1 aliphatic rings. The van der Waals surface area contributed by atoms with Crippen LogP contribution in [0.5, 0.6) is 0 Å². The highest BCUT2D eigenvalue weighted by Gasteiger charge is 2.37. The molecule has 1 heteroatoms. The minimum absolute atomic E-state index is 0.0704. The van der Waals surface area contributed by atoms with Crippen LogP contribution >= 0.6 is 11.3 Å². The summed E-state index contributed by atoms with van der Waals surface area (Å²) in [6.07, 6.45) is 0. The SMILES string of the molecule is CC1(C)c2ccccc2-c2ccc3c(sc4cc(-c5ccc(-c6c7ccccc7c(-c7ccc8ccccc8c7)c7ccccc67)c6ccccc56)c5ccccc5c43)c21. The smallest absolute Gasteiger partial charge is 0.0402 e. The third kappa shape index (κ3) is 4.61. The molecule has 0 nitrogen and oxygen atoms in total. The van der Waals surface area contributed by atoms with Crippen LogP contribution in [0.15, 0.2) is 194 Å². The van der Waals surface area contributed by atoms with Crippen molar-refractivity contribution in [1.82, 2.24) is 0 Å². The van der Waals surface area contributed by atoms with Crippen LogP contribution in [0.4, 0.5) is 0 Å². The molecular formula is C59H38S. The predicted octanol–water partition coefficient (Wildman–Crippen LogP) is 17.1. The van der Waals surface area contributed by atoms with Gasteiger partial charge in [0.1, 0.15) is 0 Å². The van der Waals surface area contributed by atoms with Gasteiger partial charge in [0.2, 0.25) is 0 Å². The van der Waals surface area contributed by atoms with Crippen molar-refractivity contribution in [3.63, 3.8) is 0 Å². The van der Waals surface area contributed by atoms with Crippen molar-refractivity contribution in [2.75, 3.05) is 0 Å². The maximum absolute atomic E-state index is 2.49. The van der Waals surface area contributed by atoms with Crippen LogP contribution in [-0.4, -0.2) is 0 Å². The molecule has 60 heavy (non-hydrogen) atoms. The van der Waals surface area contributed by atoms with Crippen molar-refractivity contribution >= 4 is 85.4 Å². The molecule has 280 valence electrons. The van der Waals surface area contributed by atoms with Crippen LogP contribution in [0.2, 0.25) is 0 Å². The van der Waals surface area contributed by atoms with Gasteiger partial charge in [0.25, 0.3) is 0 Å². The molecule has 0 saturated carbocycles. The molecule has 0 aliphatic heterocycles. The lowest BCUT2D eigenvalue weighted by molar-refractivity contribution is 0.667. The summed E-state index contributed by atoms with van der Waals surface area (Å²) in [6.45, 7) is 4.81. The lowest BCUT2D eigenvalue weighted by Gasteiger charge is -2.22. The molecule has 11 aromatic carbocycles. The Labute approximate surface area is 352 Å². The van der Waals surface area contributed by atoms with Gasteiger partial charge in [-0.25, -0.2) is 0 Å². The van der Waals surface area contributed by atoms with Gasteiger partial charge in [0.05, 0.1) is 0 Å². The van der Waals surface area contributed by atoms with E-state index in [4.69, 9.17) is 0 Å². The van der Waals surface area contributed by atoms with E-state index < -0.39 is 0 Å². The fourth-order valence-corrected chi connectivity index (χ4v) is 12.5. The fourth-order valence-electron chi connectivity index (χ4n) is 11.0. The Morgan fingerprint density at radius 1 is 0.350 bits per heavy atom. The molecule has 0 radical (unpaired) electrons. The molecule has 0 saturated heterocycles. The van der Waals surface area contributed by atoms with Crippen LogP contribution in [0, 0.1) is 0 Å². The molecule has 0 atom stereocenters. The second kappa shape index (κ2) is 12.5. The van der Waals surface area contributed by atoms with Crippen molar-refractivity contribution in [2.24, 2.45) is 0 Å². The van der Waals surface area contributed by atoms with E-state index in [2.05, 4.69) is 208 Å². The largest absolute Gasteiger partial charge is 0.135 e. The summed E-state index contributed by atoms with van der Waals surface area (Å²) in [5, 5.41) is 15.5. The van der Waals surface area contributed by atoms with Crippen molar-refractivity contribution in [1.29, 1.82) is 0 Å². The molecule has 0 fully saturated rings. The molecule has 13 rings (SSSR count). The monoisotopic (exact) mass is 778 g/mol. The van der Waals surface area contributed by atoms with Crippen molar-refractivity contribution in [3.8, 4) is 44.5 Å². The second-order valence-electron chi connectivity index (χ2n) is 17.1. The van der Waals surface area contributed by atoms with Gasteiger partial charge < -0.3 is 0 Å². The number of fused-ring (bicyclic) bond motifs is 13. The van der Waals surface area contributed by atoms with E-state index in [0.717, 1.165) is 0 Å². The van der Waals surface area contributed by atoms with E-state index >= 15 is 0 Å². The van der Waals surface area contributed by atoms with E-state index in [-0.39, 0.29) is 5.41 Å². The summed E-state index contributed by atoms with van der Waals surface area (Å²) in [5.74, 6) is 0. The standard InChI is InChI=1S/C59H38S/c1-59(2)52-26-14-13-20-42(52)49-31-32-50-56-43-21-8-7-19-40(43)51(34-53(56)60-58(50)57(49)59)41-29-30-48(39-18-6-5-17-38(39)41)55-46-24-11-9-22-44(46)54(45-23-10-12-25-47(45)55)37-28-27-35-15-3-4-16-36(35)33-37/h3-34H,1-2H3. The van der Waals surface area contributed by atoms with Crippen LogP contribution in [0.3, 0.4) is 0 Å². The van der Waals surface area contributed by atoms with Gasteiger partial charge in [0, 0.05) is 25.6 Å². The van der Waals surface area contributed by atoms with E-state index in [9.17, 15) is 0 Å². The molecule has 1 aromatic heterocycles. The maximum Gasteiger partial charge on any atom is 0.0402 e. The lowest BCUT2D eigenvalue weighted by atomic mass is 9.82. The zero-order chi connectivity index (χ0) is 39.7. The summed E-state index contributed by atoms with van der Waals surface area (Å²) >= 11 is 1.97. The minimum Gasteiger partial charge on any atom is -0.135 e. The lowest BCUT2D eigenvalue weighted by Crippen LogP contribution is -2.14. The second-order valence-corrected chi connectivity index (χ2v) is 18.1. The Morgan fingerprint density at radius 3 is 1.60 bits per heavy atom. The third-order valence-corrected chi connectivity index (χ3v) is 14.8. The Hall–Kier alpha value is -7.06. The number of hydrogen-bond donors (Lipinski definition) is 0. The quantitative estimate of drug-likeness (QED) is 0.157. The summed E-state index contributed by atoms with van der Waals surface area (Å²) in [7, 11) is 0. The predicted molar refractivity (Wildman–Crippen MR) is 261 cm³/mol. The molecule has 1 heterocycles. The number of hydrogen-bond acceptors (Lipinski definition) is 1. The van der Waals surface area contributed by atoms with Gasteiger partial charge in [-0.1, -0.05) is 196 Å². The van der Waals surface area contributed by atoms with E-state index in [1.54, 1.807) is 0 Å². The molecular weight excluding hydrogens is 741 g/mol. The summed E-state index contributed by atoms with van der Waals surface area (Å²) in [5.41, 5.74) is 13.2. The third-order valence-electron chi connectivity index (χ3n) is 13.6. The average Bonchev–Trinajstić information content (AvgIpc) is 3.79. The first-order valence-corrected chi connectivity index (χ1v) is 21.8. The highest BCUT2D eigenvalue weighted by molar-refractivity contribution is 7.26. The van der Waals surface area contributed by atoms with Gasteiger partial charge in [-0.05, 0) is 122 Å². The molecule has 0 spiro atoms. The zero-order valence-electron chi connectivity index (χ0n) is 33.4. The van der Waals surface area contributed by atoms with Crippen molar-refractivity contribution < 1.29 is 0 Å². The Balaban J connectivity index is 1.06. The average molecular weight is 779 g/mol. The highest BCUT2D eigenvalue weighted by Crippen LogP contribution is 2.55. The van der Waals surface area contributed by atoms with Crippen LogP contribution in [0.1, 0.15) is 25.0 Å². The Morgan fingerprint density at radius 2 is 0.883 bits per heavy atom.